The largest absolute Gasteiger partial charge is 0.421 e. The van der Waals surface area contributed by atoms with Crippen molar-refractivity contribution in [3.05, 3.63) is 36.2 Å². The summed E-state index contributed by atoms with van der Waals surface area (Å²) in [6.45, 7) is 3.43. The van der Waals surface area contributed by atoms with E-state index in [1.54, 1.807) is 26.4 Å². The highest BCUT2D eigenvalue weighted by atomic mass is 19.1. The molecule has 1 atom stereocenters. The van der Waals surface area contributed by atoms with Crippen LogP contribution in [0.5, 0.6) is 11.8 Å². The summed E-state index contributed by atoms with van der Waals surface area (Å²) in [5.74, 6) is 1.48. The van der Waals surface area contributed by atoms with Crippen molar-refractivity contribution >= 4 is 33.4 Å². The van der Waals surface area contributed by atoms with E-state index < -0.39 is 0 Å². The van der Waals surface area contributed by atoms with Crippen LogP contribution in [0.4, 0.5) is 15.9 Å². The van der Waals surface area contributed by atoms with Gasteiger partial charge in [-0.1, -0.05) is 0 Å². The Labute approximate surface area is 183 Å². The van der Waals surface area contributed by atoms with Gasteiger partial charge < -0.3 is 25.7 Å². The predicted molar refractivity (Wildman–Crippen MR) is 120 cm³/mol. The molecule has 1 spiro atoms. The Morgan fingerprint density at radius 3 is 2.69 bits per heavy atom. The zero-order valence-electron chi connectivity index (χ0n) is 17.8. The molecule has 1 saturated carbocycles. The van der Waals surface area contributed by atoms with Crippen LogP contribution in [0.15, 0.2) is 24.5 Å². The molecule has 2 aliphatic rings. The first kappa shape index (κ1) is 19.2. The standard InChI is InChI=1S/C22H23FN8O/c1-11-26-7-13(8-27-11)32-21-29-19-17(14-5-12(23)6-15(25-2)18(14)28-19)20(30-21)31-9-22(10-31)4-3-16(22)24/h5-8,16,25H,3-4,9-10,24H2,1-2H3,(H,28,29,30)/t16-/m0/s1. The highest BCUT2D eigenvalue weighted by Crippen LogP contribution is 2.50. The highest BCUT2D eigenvalue weighted by molar-refractivity contribution is 6.14. The fourth-order valence-electron chi connectivity index (χ4n) is 4.81. The number of hydrogen-bond donors (Lipinski definition) is 3. The number of anilines is 2. The van der Waals surface area contributed by atoms with Crippen LogP contribution in [0.2, 0.25) is 0 Å². The SMILES string of the molecule is CNc1cc(F)cc2c1[nH]c1nc(Oc3cnc(C)nc3)nc(N3CC4(CC[C@@H]4N)C3)c12. The van der Waals surface area contributed by atoms with Gasteiger partial charge >= 0.3 is 6.01 Å². The van der Waals surface area contributed by atoms with Crippen LogP contribution in [-0.2, 0) is 0 Å². The number of fused-ring (bicyclic) bond motifs is 3. The maximum Gasteiger partial charge on any atom is 0.326 e. The molecule has 4 aromatic rings. The Morgan fingerprint density at radius 2 is 2.03 bits per heavy atom. The summed E-state index contributed by atoms with van der Waals surface area (Å²) in [7, 11) is 1.76. The van der Waals surface area contributed by atoms with Crippen LogP contribution in [0.1, 0.15) is 18.7 Å². The Bertz CT molecular complexity index is 1350. The number of hydrogen-bond acceptors (Lipinski definition) is 8. The smallest absolute Gasteiger partial charge is 0.326 e. The van der Waals surface area contributed by atoms with Crippen LogP contribution in [0.25, 0.3) is 21.9 Å². The highest BCUT2D eigenvalue weighted by Gasteiger charge is 2.53. The molecular weight excluding hydrogens is 411 g/mol. The molecule has 164 valence electrons. The third kappa shape index (κ3) is 2.79. The lowest BCUT2D eigenvalue weighted by Gasteiger charge is -2.60. The lowest BCUT2D eigenvalue weighted by molar-refractivity contribution is 0.0559. The zero-order valence-corrected chi connectivity index (χ0v) is 17.8. The molecule has 6 rings (SSSR count). The van der Waals surface area contributed by atoms with Gasteiger partial charge in [-0.3, -0.25) is 0 Å². The van der Waals surface area contributed by atoms with Gasteiger partial charge in [-0.25, -0.2) is 14.4 Å². The zero-order chi connectivity index (χ0) is 22.0. The minimum Gasteiger partial charge on any atom is -0.421 e. The van der Waals surface area contributed by atoms with E-state index in [0.29, 0.717) is 28.7 Å². The summed E-state index contributed by atoms with van der Waals surface area (Å²) < 4.78 is 20.3. The van der Waals surface area contributed by atoms with Gasteiger partial charge in [0.25, 0.3) is 0 Å². The number of halogens is 1. The Hall–Kier alpha value is -3.53. The van der Waals surface area contributed by atoms with Gasteiger partial charge in [0.2, 0.25) is 0 Å². The molecule has 32 heavy (non-hydrogen) atoms. The van der Waals surface area contributed by atoms with Gasteiger partial charge in [-0.05, 0) is 31.9 Å². The second-order valence-corrected chi connectivity index (χ2v) is 8.74. The third-order valence-corrected chi connectivity index (χ3v) is 6.77. The quantitative estimate of drug-likeness (QED) is 0.448. The van der Waals surface area contributed by atoms with Crippen molar-refractivity contribution in [3.8, 4) is 11.8 Å². The number of nitrogens with one attached hydrogen (secondary N) is 2. The number of nitrogens with zero attached hydrogens (tertiary/aromatic N) is 5. The summed E-state index contributed by atoms with van der Waals surface area (Å²) in [6.07, 6.45) is 5.34. The molecule has 0 unspecified atom stereocenters. The van der Waals surface area contributed by atoms with E-state index >= 15 is 0 Å². The summed E-state index contributed by atoms with van der Waals surface area (Å²) in [6, 6.07) is 3.36. The van der Waals surface area contributed by atoms with Crippen LogP contribution < -0.4 is 20.7 Å². The average Bonchev–Trinajstić information content (AvgIpc) is 3.11. The number of H-pyrrole nitrogens is 1. The first-order valence-electron chi connectivity index (χ1n) is 10.6. The number of aromatic amines is 1. The van der Waals surface area contributed by atoms with Crippen molar-refractivity contribution in [1.82, 2.24) is 24.9 Å². The Balaban J connectivity index is 1.50. The summed E-state index contributed by atoms with van der Waals surface area (Å²) >= 11 is 0. The van der Waals surface area contributed by atoms with E-state index in [4.69, 9.17) is 15.5 Å². The van der Waals surface area contributed by atoms with Gasteiger partial charge in [0.05, 0.1) is 29.0 Å². The topological polar surface area (TPSA) is 118 Å². The van der Waals surface area contributed by atoms with E-state index in [1.165, 1.54) is 12.1 Å². The molecule has 9 nitrogen and oxygen atoms in total. The van der Waals surface area contributed by atoms with E-state index in [1.807, 2.05) is 0 Å². The van der Waals surface area contributed by atoms with Gasteiger partial charge in [0.1, 0.15) is 23.1 Å². The van der Waals surface area contributed by atoms with Crippen LogP contribution in [0.3, 0.4) is 0 Å². The molecule has 0 bridgehead atoms. The normalized spacial score (nSPS) is 19.2. The van der Waals surface area contributed by atoms with Crippen LogP contribution in [-0.4, -0.2) is 51.1 Å². The molecule has 1 aromatic carbocycles. The molecule has 1 saturated heterocycles. The minimum absolute atomic E-state index is 0.149. The number of nitrogens with two attached hydrogens (primary N) is 1. The lowest BCUT2D eigenvalue weighted by Crippen LogP contribution is -2.69. The van der Waals surface area contributed by atoms with E-state index in [0.717, 1.165) is 42.2 Å². The second-order valence-electron chi connectivity index (χ2n) is 8.74. The first-order chi connectivity index (χ1) is 15.5. The molecule has 1 aliphatic heterocycles. The maximum absolute atomic E-state index is 14.4. The fraction of sp³-hybridized carbons (Fsp3) is 0.364. The van der Waals surface area contributed by atoms with Crippen LogP contribution >= 0.6 is 0 Å². The van der Waals surface area contributed by atoms with E-state index in [9.17, 15) is 4.39 Å². The van der Waals surface area contributed by atoms with Crippen molar-refractivity contribution < 1.29 is 9.13 Å². The van der Waals surface area contributed by atoms with Crippen molar-refractivity contribution in [3.63, 3.8) is 0 Å². The average molecular weight is 434 g/mol. The number of aromatic nitrogens is 5. The lowest BCUT2D eigenvalue weighted by atomic mass is 9.60. The summed E-state index contributed by atoms with van der Waals surface area (Å²) in [4.78, 5) is 23.1. The molecule has 4 heterocycles. The number of rotatable bonds is 4. The number of benzene rings is 1. The molecule has 0 amide bonds. The molecule has 10 heteroatoms. The monoisotopic (exact) mass is 434 g/mol. The maximum atomic E-state index is 14.4. The molecule has 3 aromatic heterocycles. The van der Waals surface area contributed by atoms with Crippen LogP contribution in [0, 0.1) is 18.2 Å². The molecule has 0 radical (unpaired) electrons. The van der Waals surface area contributed by atoms with Gasteiger partial charge in [0, 0.05) is 37.0 Å². The van der Waals surface area contributed by atoms with Gasteiger partial charge in [-0.2, -0.15) is 9.97 Å². The second kappa shape index (κ2) is 6.73. The molecule has 1 aliphatic carbocycles. The fourth-order valence-corrected chi connectivity index (χ4v) is 4.81. The summed E-state index contributed by atoms with van der Waals surface area (Å²) in [5.41, 5.74) is 8.43. The predicted octanol–water partition coefficient (Wildman–Crippen LogP) is 3.11. The van der Waals surface area contributed by atoms with Crippen molar-refractivity contribution in [1.29, 1.82) is 0 Å². The van der Waals surface area contributed by atoms with Crippen molar-refractivity contribution in [2.75, 3.05) is 30.4 Å². The Morgan fingerprint density at radius 1 is 1.25 bits per heavy atom. The third-order valence-electron chi connectivity index (χ3n) is 6.77. The minimum atomic E-state index is -0.327. The van der Waals surface area contributed by atoms with Gasteiger partial charge in [0.15, 0.2) is 5.75 Å². The van der Waals surface area contributed by atoms with Gasteiger partial charge in [-0.15, -0.1) is 0 Å². The van der Waals surface area contributed by atoms with Crippen molar-refractivity contribution in [2.24, 2.45) is 11.1 Å². The van der Waals surface area contributed by atoms with Crippen molar-refractivity contribution in [2.45, 2.75) is 25.8 Å². The van der Waals surface area contributed by atoms with E-state index in [2.05, 4.69) is 30.2 Å². The number of aryl methyl sites for hydroxylation is 1. The molecule has 4 N–H and O–H groups in total. The first-order valence-corrected chi connectivity index (χ1v) is 10.6. The van der Waals surface area contributed by atoms with E-state index in [-0.39, 0.29) is 23.3 Å². The molecular formula is C22H23FN8O. The molecule has 2 fully saturated rings. The Kier molecular flexibility index (Phi) is 4.03. The number of ether oxygens (including phenoxy) is 1. The summed E-state index contributed by atoms with van der Waals surface area (Å²) in [5, 5.41) is 4.54.